The third-order valence-corrected chi connectivity index (χ3v) is 4.13. The van der Waals surface area contributed by atoms with Crippen LogP contribution in [-0.2, 0) is 13.0 Å². The lowest BCUT2D eigenvalue weighted by molar-refractivity contribution is 0.295. The van der Waals surface area contributed by atoms with Gasteiger partial charge in [-0.25, -0.2) is 0 Å². The van der Waals surface area contributed by atoms with E-state index < -0.39 is 0 Å². The van der Waals surface area contributed by atoms with E-state index in [1.807, 2.05) is 0 Å². The molecule has 0 aliphatic carbocycles. The molecule has 1 atom stereocenters. The second-order valence-electron chi connectivity index (χ2n) is 5.55. The quantitative estimate of drug-likeness (QED) is 0.784. The molecule has 2 aromatic rings. The fraction of sp³-hybridized carbons (Fsp3) is 0.333. The zero-order valence-corrected chi connectivity index (χ0v) is 11.8. The van der Waals surface area contributed by atoms with Crippen molar-refractivity contribution in [1.29, 1.82) is 0 Å². The monoisotopic (exact) mass is 251 g/mol. The molecule has 98 valence electrons. The Morgan fingerprint density at radius 3 is 2.63 bits per heavy atom. The van der Waals surface area contributed by atoms with E-state index in [0.717, 1.165) is 19.5 Å². The standard InChI is InChI=1S/C18H21N/c1-3-14-9-10-17-16(11-14)12-19(2)13-18(17)15-7-5-4-6-8-15/h4-11,18H,3,12-13H2,1-2H3. The number of fused-ring (bicyclic) bond motifs is 1. The van der Waals surface area contributed by atoms with Crippen molar-refractivity contribution in [2.24, 2.45) is 0 Å². The topological polar surface area (TPSA) is 3.24 Å². The van der Waals surface area contributed by atoms with Crippen molar-refractivity contribution in [1.82, 2.24) is 4.90 Å². The number of benzene rings is 2. The van der Waals surface area contributed by atoms with Gasteiger partial charge >= 0.3 is 0 Å². The van der Waals surface area contributed by atoms with Gasteiger partial charge in [-0.15, -0.1) is 0 Å². The Hall–Kier alpha value is -1.60. The maximum absolute atomic E-state index is 2.43. The van der Waals surface area contributed by atoms with Gasteiger partial charge in [-0.05, 0) is 35.7 Å². The average Bonchev–Trinajstić information content (AvgIpc) is 2.46. The number of hydrogen-bond donors (Lipinski definition) is 0. The molecule has 1 heterocycles. The van der Waals surface area contributed by atoms with Gasteiger partial charge in [0.05, 0.1) is 0 Å². The Labute approximate surface area is 115 Å². The molecule has 0 spiro atoms. The van der Waals surface area contributed by atoms with Crippen molar-refractivity contribution >= 4 is 0 Å². The first-order chi connectivity index (χ1) is 9.28. The van der Waals surface area contributed by atoms with Crippen LogP contribution in [-0.4, -0.2) is 18.5 Å². The summed E-state index contributed by atoms with van der Waals surface area (Å²) in [5.74, 6) is 0.515. The van der Waals surface area contributed by atoms with E-state index in [4.69, 9.17) is 0 Å². The maximum Gasteiger partial charge on any atom is 0.0234 e. The van der Waals surface area contributed by atoms with E-state index in [2.05, 4.69) is 67.4 Å². The van der Waals surface area contributed by atoms with Crippen molar-refractivity contribution in [3.8, 4) is 0 Å². The number of hydrogen-bond acceptors (Lipinski definition) is 1. The van der Waals surface area contributed by atoms with Gasteiger partial charge in [0.15, 0.2) is 0 Å². The molecule has 3 rings (SSSR count). The summed E-state index contributed by atoms with van der Waals surface area (Å²) in [6, 6.07) is 17.9. The Balaban J connectivity index is 2.05. The first-order valence-corrected chi connectivity index (χ1v) is 7.13. The second-order valence-corrected chi connectivity index (χ2v) is 5.55. The molecule has 0 amide bonds. The van der Waals surface area contributed by atoms with E-state index in [-0.39, 0.29) is 0 Å². The summed E-state index contributed by atoms with van der Waals surface area (Å²) < 4.78 is 0. The predicted molar refractivity (Wildman–Crippen MR) is 80.4 cm³/mol. The van der Waals surface area contributed by atoms with Crippen LogP contribution in [0.2, 0.25) is 0 Å². The average molecular weight is 251 g/mol. The number of rotatable bonds is 2. The van der Waals surface area contributed by atoms with Crippen molar-refractivity contribution < 1.29 is 0 Å². The van der Waals surface area contributed by atoms with Crippen LogP contribution >= 0.6 is 0 Å². The molecule has 19 heavy (non-hydrogen) atoms. The van der Waals surface area contributed by atoms with Crippen LogP contribution in [0.3, 0.4) is 0 Å². The number of likely N-dealkylation sites (N-methyl/N-ethyl adjacent to an activating group) is 1. The van der Waals surface area contributed by atoms with Gasteiger partial charge in [-0.1, -0.05) is 55.5 Å². The highest BCUT2D eigenvalue weighted by molar-refractivity contribution is 5.42. The SMILES string of the molecule is CCc1ccc2c(c1)CN(C)CC2c1ccccc1. The summed E-state index contributed by atoms with van der Waals surface area (Å²) in [7, 11) is 2.22. The lowest BCUT2D eigenvalue weighted by atomic mass is 9.84. The molecule has 0 fully saturated rings. The molecule has 1 unspecified atom stereocenters. The molecule has 1 aliphatic heterocycles. The molecule has 0 N–H and O–H groups in total. The summed E-state index contributed by atoms with van der Waals surface area (Å²) in [6.07, 6.45) is 1.12. The van der Waals surface area contributed by atoms with E-state index in [1.54, 1.807) is 0 Å². The highest BCUT2D eigenvalue weighted by Crippen LogP contribution is 2.33. The second kappa shape index (κ2) is 5.18. The van der Waals surface area contributed by atoms with Gasteiger partial charge in [0.2, 0.25) is 0 Å². The highest BCUT2D eigenvalue weighted by Gasteiger charge is 2.24. The van der Waals surface area contributed by atoms with Gasteiger partial charge in [0, 0.05) is 19.0 Å². The minimum absolute atomic E-state index is 0.515. The molecule has 0 aromatic heterocycles. The summed E-state index contributed by atoms with van der Waals surface area (Å²) in [5.41, 5.74) is 5.89. The van der Waals surface area contributed by atoms with Gasteiger partial charge in [-0.3, -0.25) is 0 Å². The van der Waals surface area contributed by atoms with Crippen molar-refractivity contribution in [2.75, 3.05) is 13.6 Å². The third-order valence-electron chi connectivity index (χ3n) is 4.13. The molecular weight excluding hydrogens is 230 g/mol. The normalized spacial score (nSPS) is 19.2. The Morgan fingerprint density at radius 1 is 1.11 bits per heavy atom. The fourth-order valence-corrected chi connectivity index (χ4v) is 3.09. The molecule has 0 saturated heterocycles. The molecule has 0 saturated carbocycles. The number of aryl methyl sites for hydroxylation is 1. The van der Waals surface area contributed by atoms with Crippen LogP contribution in [0.15, 0.2) is 48.5 Å². The lowest BCUT2D eigenvalue weighted by Gasteiger charge is -2.33. The van der Waals surface area contributed by atoms with E-state index in [9.17, 15) is 0 Å². The largest absolute Gasteiger partial charge is 0.301 e. The minimum Gasteiger partial charge on any atom is -0.301 e. The Bertz CT molecular complexity index is 559. The zero-order valence-electron chi connectivity index (χ0n) is 11.8. The summed E-state index contributed by atoms with van der Waals surface area (Å²) in [6.45, 7) is 4.41. The van der Waals surface area contributed by atoms with Crippen LogP contribution < -0.4 is 0 Å². The van der Waals surface area contributed by atoms with E-state index >= 15 is 0 Å². The van der Waals surface area contributed by atoms with Gasteiger partial charge in [-0.2, -0.15) is 0 Å². The summed E-state index contributed by atoms with van der Waals surface area (Å²) in [4.78, 5) is 2.43. The maximum atomic E-state index is 2.43. The first kappa shape index (κ1) is 12.4. The van der Waals surface area contributed by atoms with Crippen molar-refractivity contribution in [3.05, 3.63) is 70.8 Å². The molecule has 1 nitrogen and oxygen atoms in total. The molecule has 0 radical (unpaired) electrons. The van der Waals surface area contributed by atoms with E-state index in [0.29, 0.717) is 5.92 Å². The van der Waals surface area contributed by atoms with Gasteiger partial charge in [0.1, 0.15) is 0 Å². The number of nitrogens with zero attached hydrogens (tertiary/aromatic N) is 1. The Kier molecular flexibility index (Phi) is 3.39. The molecule has 0 bridgehead atoms. The first-order valence-electron chi connectivity index (χ1n) is 7.13. The molecular formula is C18H21N. The molecule has 1 heteroatoms. The predicted octanol–water partition coefficient (Wildman–Crippen LogP) is 3.83. The van der Waals surface area contributed by atoms with Crippen LogP contribution in [0.1, 0.15) is 35.1 Å². The van der Waals surface area contributed by atoms with Crippen molar-refractivity contribution in [2.45, 2.75) is 25.8 Å². The summed E-state index contributed by atoms with van der Waals surface area (Å²) >= 11 is 0. The Morgan fingerprint density at radius 2 is 1.89 bits per heavy atom. The third kappa shape index (κ3) is 2.43. The van der Waals surface area contributed by atoms with Crippen LogP contribution in [0.4, 0.5) is 0 Å². The minimum atomic E-state index is 0.515. The fourth-order valence-electron chi connectivity index (χ4n) is 3.09. The lowest BCUT2D eigenvalue weighted by Crippen LogP contribution is -2.31. The highest BCUT2D eigenvalue weighted by atomic mass is 15.1. The van der Waals surface area contributed by atoms with Crippen LogP contribution in [0, 0.1) is 0 Å². The van der Waals surface area contributed by atoms with Crippen molar-refractivity contribution in [3.63, 3.8) is 0 Å². The van der Waals surface area contributed by atoms with Gasteiger partial charge < -0.3 is 4.90 Å². The molecule has 1 aliphatic rings. The van der Waals surface area contributed by atoms with Crippen LogP contribution in [0.5, 0.6) is 0 Å². The van der Waals surface area contributed by atoms with E-state index in [1.165, 1.54) is 22.3 Å². The smallest absolute Gasteiger partial charge is 0.0234 e. The van der Waals surface area contributed by atoms with Crippen LogP contribution in [0.25, 0.3) is 0 Å². The molecule has 2 aromatic carbocycles. The van der Waals surface area contributed by atoms with Gasteiger partial charge in [0.25, 0.3) is 0 Å². The summed E-state index contributed by atoms with van der Waals surface area (Å²) in [5, 5.41) is 0. The zero-order chi connectivity index (χ0) is 13.2.